The smallest absolute Gasteiger partial charge is 0.342 e. The molecular weight excluding hydrogens is 354 g/mol. The molecule has 5 nitrogen and oxygen atoms in total. The molecule has 0 atom stereocenters. The lowest BCUT2D eigenvalue weighted by molar-refractivity contribution is 0.0693. The van der Waals surface area contributed by atoms with Gasteiger partial charge in [-0.15, -0.1) is 0 Å². The second-order valence-corrected chi connectivity index (χ2v) is 5.29. The summed E-state index contributed by atoms with van der Waals surface area (Å²) in [5.41, 5.74) is -0.133. The van der Waals surface area contributed by atoms with E-state index in [2.05, 4.69) is 9.97 Å². The lowest BCUT2D eigenvalue weighted by Gasteiger charge is -2.10. The second-order valence-electron chi connectivity index (χ2n) is 4.88. The van der Waals surface area contributed by atoms with Gasteiger partial charge in [-0.2, -0.15) is 4.98 Å². The van der Waals surface area contributed by atoms with Gasteiger partial charge in [0.2, 0.25) is 5.88 Å². The molecule has 0 aliphatic rings. The van der Waals surface area contributed by atoms with Gasteiger partial charge in [0, 0.05) is 11.8 Å². The molecule has 0 radical (unpaired) electrons. The van der Waals surface area contributed by atoms with Crippen molar-refractivity contribution in [1.82, 2.24) is 9.97 Å². The third-order valence-electron chi connectivity index (χ3n) is 3.21. The first-order valence-corrected chi connectivity index (χ1v) is 7.31. The van der Waals surface area contributed by atoms with Crippen LogP contribution in [0.1, 0.15) is 10.4 Å². The van der Waals surface area contributed by atoms with Crippen molar-refractivity contribution in [2.75, 3.05) is 0 Å². The Bertz CT molecular complexity index is 966. The predicted octanol–water partition coefficient (Wildman–Crippen LogP) is 4.57. The number of benzene rings is 2. The van der Waals surface area contributed by atoms with Crippen LogP contribution in [0.5, 0.6) is 11.6 Å². The number of hydrogen-bond donors (Lipinski definition) is 1. The van der Waals surface area contributed by atoms with Crippen molar-refractivity contribution in [2.24, 2.45) is 0 Å². The number of aromatic carboxylic acids is 1. The Kier molecular flexibility index (Phi) is 4.58. The molecule has 1 heterocycles. The standard InChI is InChI=1S/C17H9ClF2N2O3/c18-11-3-1-2-4-14(11)25-16-10(17(23)24)8-21-15(22-16)9-5-6-12(19)13(20)7-9/h1-8H,(H,23,24). The molecule has 0 saturated heterocycles. The number of hydrogen-bond acceptors (Lipinski definition) is 4. The summed E-state index contributed by atoms with van der Waals surface area (Å²) in [4.78, 5) is 19.2. The van der Waals surface area contributed by atoms with Crippen molar-refractivity contribution in [3.8, 4) is 23.0 Å². The van der Waals surface area contributed by atoms with Gasteiger partial charge in [0.15, 0.2) is 17.5 Å². The van der Waals surface area contributed by atoms with E-state index in [1.54, 1.807) is 18.2 Å². The van der Waals surface area contributed by atoms with Crippen LogP contribution in [0, 0.1) is 11.6 Å². The number of para-hydroxylation sites is 1. The summed E-state index contributed by atoms with van der Waals surface area (Å²) >= 11 is 5.99. The third kappa shape index (κ3) is 3.56. The Balaban J connectivity index is 2.07. The highest BCUT2D eigenvalue weighted by atomic mass is 35.5. The van der Waals surface area contributed by atoms with Crippen molar-refractivity contribution in [2.45, 2.75) is 0 Å². The molecule has 0 bridgehead atoms. The van der Waals surface area contributed by atoms with Crippen molar-refractivity contribution in [3.63, 3.8) is 0 Å². The largest absolute Gasteiger partial charge is 0.477 e. The van der Waals surface area contributed by atoms with Gasteiger partial charge >= 0.3 is 5.97 Å². The summed E-state index contributed by atoms with van der Waals surface area (Å²) in [6.45, 7) is 0. The molecule has 1 N–H and O–H groups in total. The Morgan fingerprint density at radius 1 is 1.12 bits per heavy atom. The zero-order valence-electron chi connectivity index (χ0n) is 12.4. The van der Waals surface area contributed by atoms with Gasteiger partial charge in [-0.3, -0.25) is 0 Å². The zero-order chi connectivity index (χ0) is 18.0. The number of carbonyl (C=O) groups is 1. The maximum Gasteiger partial charge on any atom is 0.342 e. The molecule has 3 rings (SSSR count). The molecule has 0 aliphatic carbocycles. The van der Waals surface area contributed by atoms with E-state index in [-0.39, 0.29) is 33.6 Å². The predicted molar refractivity (Wildman–Crippen MR) is 85.9 cm³/mol. The first kappa shape index (κ1) is 16.8. The lowest BCUT2D eigenvalue weighted by atomic mass is 10.2. The Hall–Kier alpha value is -3.06. The first-order valence-electron chi connectivity index (χ1n) is 6.94. The summed E-state index contributed by atoms with van der Waals surface area (Å²) in [6.07, 6.45) is 1.03. The van der Waals surface area contributed by atoms with Crippen LogP contribution >= 0.6 is 11.6 Å². The Labute approximate surface area is 145 Å². The first-order chi connectivity index (χ1) is 12.0. The summed E-state index contributed by atoms with van der Waals surface area (Å²) in [6, 6.07) is 9.53. The highest BCUT2D eigenvalue weighted by molar-refractivity contribution is 6.32. The molecule has 8 heteroatoms. The van der Waals surface area contributed by atoms with E-state index in [1.165, 1.54) is 12.1 Å². The monoisotopic (exact) mass is 362 g/mol. The van der Waals surface area contributed by atoms with Gasteiger partial charge in [0.25, 0.3) is 0 Å². The van der Waals surface area contributed by atoms with Crippen LogP contribution in [-0.4, -0.2) is 21.0 Å². The van der Waals surface area contributed by atoms with Gasteiger partial charge in [0.05, 0.1) is 5.02 Å². The van der Waals surface area contributed by atoms with Crippen molar-refractivity contribution in [1.29, 1.82) is 0 Å². The van der Waals surface area contributed by atoms with E-state index >= 15 is 0 Å². The number of ether oxygens (including phenoxy) is 1. The molecule has 0 saturated carbocycles. The minimum atomic E-state index is -1.31. The molecule has 2 aromatic carbocycles. The van der Waals surface area contributed by atoms with Gasteiger partial charge < -0.3 is 9.84 Å². The van der Waals surface area contributed by atoms with Crippen LogP contribution in [0.25, 0.3) is 11.4 Å². The number of halogens is 3. The maximum absolute atomic E-state index is 13.4. The van der Waals surface area contributed by atoms with Crippen LogP contribution in [-0.2, 0) is 0 Å². The second kappa shape index (κ2) is 6.82. The molecule has 0 spiro atoms. The van der Waals surface area contributed by atoms with Gasteiger partial charge in [-0.1, -0.05) is 23.7 Å². The van der Waals surface area contributed by atoms with E-state index in [1.807, 2.05) is 0 Å². The fourth-order valence-corrected chi connectivity index (χ4v) is 2.17. The molecule has 25 heavy (non-hydrogen) atoms. The van der Waals surface area contributed by atoms with Gasteiger partial charge in [0.1, 0.15) is 11.3 Å². The van der Waals surface area contributed by atoms with Crippen LogP contribution < -0.4 is 4.74 Å². The molecular formula is C17H9ClF2N2O3. The summed E-state index contributed by atoms with van der Waals surface area (Å²) in [5.74, 6) is -3.49. The van der Waals surface area contributed by atoms with Crippen LogP contribution in [0.3, 0.4) is 0 Å². The number of carboxylic acid groups (broad SMARTS) is 1. The normalized spacial score (nSPS) is 10.5. The highest BCUT2D eigenvalue weighted by Gasteiger charge is 2.18. The molecule has 1 aromatic heterocycles. The topological polar surface area (TPSA) is 72.3 Å². The number of rotatable bonds is 4. The highest BCUT2D eigenvalue weighted by Crippen LogP contribution is 2.31. The molecule has 0 aliphatic heterocycles. The Morgan fingerprint density at radius 2 is 1.88 bits per heavy atom. The van der Waals surface area contributed by atoms with Crippen molar-refractivity contribution < 1.29 is 23.4 Å². The lowest BCUT2D eigenvalue weighted by Crippen LogP contribution is -2.05. The van der Waals surface area contributed by atoms with E-state index in [0.717, 1.165) is 18.3 Å². The van der Waals surface area contributed by atoms with E-state index in [9.17, 15) is 18.7 Å². The molecule has 3 aromatic rings. The number of carboxylic acids is 1. The van der Waals surface area contributed by atoms with Crippen LogP contribution in [0.2, 0.25) is 5.02 Å². The fraction of sp³-hybridized carbons (Fsp3) is 0. The minimum absolute atomic E-state index is 0.0223. The zero-order valence-corrected chi connectivity index (χ0v) is 13.2. The maximum atomic E-state index is 13.4. The van der Waals surface area contributed by atoms with E-state index < -0.39 is 17.6 Å². The van der Waals surface area contributed by atoms with E-state index in [4.69, 9.17) is 16.3 Å². The molecule has 126 valence electrons. The summed E-state index contributed by atoms with van der Waals surface area (Å²) < 4.78 is 31.9. The van der Waals surface area contributed by atoms with Crippen molar-refractivity contribution >= 4 is 17.6 Å². The minimum Gasteiger partial charge on any atom is -0.477 e. The average Bonchev–Trinajstić information content (AvgIpc) is 2.59. The number of nitrogens with zero attached hydrogens (tertiary/aromatic N) is 2. The van der Waals surface area contributed by atoms with Crippen molar-refractivity contribution in [3.05, 3.63) is 70.9 Å². The SMILES string of the molecule is O=C(O)c1cnc(-c2ccc(F)c(F)c2)nc1Oc1ccccc1Cl. The van der Waals surface area contributed by atoms with Crippen LogP contribution in [0.15, 0.2) is 48.7 Å². The van der Waals surface area contributed by atoms with Crippen LogP contribution in [0.4, 0.5) is 8.78 Å². The third-order valence-corrected chi connectivity index (χ3v) is 3.52. The summed E-state index contributed by atoms with van der Waals surface area (Å²) in [5, 5.41) is 9.51. The fourth-order valence-electron chi connectivity index (χ4n) is 2.00. The molecule has 0 fully saturated rings. The molecule has 0 unspecified atom stereocenters. The Morgan fingerprint density at radius 3 is 2.56 bits per heavy atom. The molecule has 0 amide bonds. The summed E-state index contributed by atoms with van der Waals surface area (Å²) in [7, 11) is 0. The average molecular weight is 363 g/mol. The quantitative estimate of drug-likeness (QED) is 0.736. The number of aromatic nitrogens is 2. The van der Waals surface area contributed by atoms with Gasteiger partial charge in [-0.25, -0.2) is 18.6 Å². The van der Waals surface area contributed by atoms with E-state index in [0.29, 0.717) is 0 Å². The van der Waals surface area contributed by atoms with Gasteiger partial charge in [-0.05, 0) is 30.3 Å².